The molecule has 0 saturated heterocycles. The van der Waals surface area contributed by atoms with E-state index in [0.29, 0.717) is 36.7 Å². The summed E-state index contributed by atoms with van der Waals surface area (Å²) in [6.45, 7) is 6.52. The van der Waals surface area contributed by atoms with Crippen LogP contribution < -0.4 is 5.32 Å². The number of hydrogen-bond donors (Lipinski definition) is 2. The monoisotopic (exact) mass is 443 g/mol. The molecular weight excluding hydrogens is 406 g/mol. The van der Waals surface area contributed by atoms with Crippen molar-refractivity contribution in [2.45, 2.75) is 51.4 Å². The lowest BCUT2D eigenvalue weighted by molar-refractivity contribution is -0.0331. The van der Waals surface area contributed by atoms with Gasteiger partial charge in [0.15, 0.2) is 0 Å². The van der Waals surface area contributed by atoms with E-state index in [2.05, 4.69) is 24.9 Å². The number of nitrogens with one attached hydrogen (secondary N) is 1. The summed E-state index contributed by atoms with van der Waals surface area (Å²) in [5.41, 5.74) is 0. The van der Waals surface area contributed by atoms with Gasteiger partial charge in [0, 0.05) is 46.3 Å². The number of thiol groups is 1. The van der Waals surface area contributed by atoms with Gasteiger partial charge in [0.1, 0.15) is 6.10 Å². The summed E-state index contributed by atoms with van der Waals surface area (Å²) in [7, 11) is 2.28. The van der Waals surface area contributed by atoms with Crippen molar-refractivity contribution in [2.75, 3.05) is 53.4 Å². The van der Waals surface area contributed by atoms with Crippen LogP contribution in [0.3, 0.4) is 0 Å². The van der Waals surface area contributed by atoms with Crippen LogP contribution in [-0.2, 0) is 27.5 Å². The van der Waals surface area contributed by atoms with Gasteiger partial charge < -0.3 is 32.8 Å². The first-order chi connectivity index (χ1) is 13.0. The molecule has 10 heteroatoms. The SMILES string of the molecule is CCCCOCC(C)OCC(CS)OC(=S)NCCC[Si](OC)(OC)OC. The van der Waals surface area contributed by atoms with Gasteiger partial charge in [0.25, 0.3) is 5.17 Å². The minimum atomic E-state index is -2.54. The Morgan fingerprint density at radius 2 is 1.78 bits per heavy atom. The van der Waals surface area contributed by atoms with Crippen molar-refractivity contribution in [3.63, 3.8) is 0 Å². The maximum Gasteiger partial charge on any atom is 0.500 e. The lowest BCUT2D eigenvalue weighted by Gasteiger charge is -2.24. The molecule has 162 valence electrons. The fraction of sp³-hybridized carbons (Fsp3) is 0.941. The fourth-order valence-electron chi connectivity index (χ4n) is 2.18. The van der Waals surface area contributed by atoms with E-state index in [9.17, 15) is 0 Å². The molecule has 0 rings (SSSR count). The number of hydrogen-bond acceptors (Lipinski definition) is 8. The minimum absolute atomic E-state index is 0.00424. The van der Waals surface area contributed by atoms with Gasteiger partial charge in [-0.1, -0.05) is 13.3 Å². The van der Waals surface area contributed by atoms with E-state index in [1.54, 1.807) is 21.3 Å². The topological polar surface area (TPSA) is 67.4 Å². The zero-order chi connectivity index (χ0) is 20.5. The van der Waals surface area contributed by atoms with E-state index in [0.717, 1.165) is 25.9 Å². The van der Waals surface area contributed by atoms with Crippen LogP contribution in [0, 0.1) is 0 Å². The molecule has 0 fully saturated rings. The Balaban J connectivity index is 3.98. The zero-order valence-electron chi connectivity index (χ0n) is 17.3. The van der Waals surface area contributed by atoms with Crippen molar-refractivity contribution in [1.82, 2.24) is 5.32 Å². The molecule has 0 radical (unpaired) electrons. The largest absolute Gasteiger partial charge is 0.500 e. The highest BCUT2D eigenvalue weighted by molar-refractivity contribution is 7.80. The predicted octanol–water partition coefficient (Wildman–Crippen LogP) is 2.67. The van der Waals surface area contributed by atoms with Crippen LogP contribution in [0.4, 0.5) is 0 Å². The summed E-state index contributed by atoms with van der Waals surface area (Å²) in [6, 6.07) is 0.695. The quantitative estimate of drug-likeness (QED) is 0.154. The standard InChI is InChI=1S/C17H37NO6S2Si/c1-6-7-10-22-12-15(2)23-13-16(14-25)24-17(26)18-9-8-11-27(19-3,20-4)21-5/h15-16,25H,6-14H2,1-5H3,(H,18,26). The molecule has 0 aliphatic carbocycles. The Bertz CT molecular complexity index is 369. The molecule has 0 aromatic carbocycles. The van der Waals surface area contributed by atoms with Gasteiger partial charge in [-0.2, -0.15) is 12.6 Å². The first kappa shape index (κ1) is 27.1. The molecule has 27 heavy (non-hydrogen) atoms. The van der Waals surface area contributed by atoms with Crippen LogP contribution in [0.5, 0.6) is 0 Å². The number of ether oxygens (including phenoxy) is 3. The molecule has 0 amide bonds. The molecule has 0 aliphatic rings. The van der Waals surface area contributed by atoms with Gasteiger partial charge in [-0.3, -0.25) is 0 Å². The van der Waals surface area contributed by atoms with Crippen LogP contribution in [0.15, 0.2) is 0 Å². The lowest BCUT2D eigenvalue weighted by Crippen LogP contribution is -2.43. The maximum atomic E-state index is 5.76. The molecule has 2 unspecified atom stereocenters. The van der Waals surface area contributed by atoms with Crippen molar-refractivity contribution >= 4 is 38.8 Å². The third kappa shape index (κ3) is 13.0. The highest BCUT2D eigenvalue weighted by Gasteiger charge is 2.36. The molecular formula is C17H37NO6S2Si. The Kier molecular flexibility index (Phi) is 17.0. The summed E-state index contributed by atoms with van der Waals surface area (Å²) in [6.07, 6.45) is 2.78. The third-order valence-corrected chi connectivity index (χ3v) is 7.38. The van der Waals surface area contributed by atoms with Crippen molar-refractivity contribution in [3.8, 4) is 0 Å². The zero-order valence-corrected chi connectivity index (χ0v) is 20.0. The molecule has 0 aliphatic heterocycles. The van der Waals surface area contributed by atoms with Gasteiger partial charge in [-0.15, -0.1) is 0 Å². The summed E-state index contributed by atoms with van der Waals surface area (Å²) in [5, 5.41) is 3.42. The Hall–Kier alpha value is 0.0569. The average Bonchev–Trinajstić information content (AvgIpc) is 2.69. The number of unbranched alkanes of at least 4 members (excludes halogenated alkanes) is 1. The number of rotatable bonds is 17. The molecule has 0 aromatic rings. The second kappa shape index (κ2) is 17.0. The van der Waals surface area contributed by atoms with Gasteiger partial charge >= 0.3 is 8.80 Å². The number of thiocarbonyl (C=S) groups is 1. The summed E-state index contributed by atoms with van der Waals surface area (Å²) >= 11 is 9.55. The van der Waals surface area contributed by atoms with Crippen LogP contribution in [-0.4, -0.2) is 79.6 Å². The second-order valence-corrected chi connectivity index (χ2v) is 9.93. The molecule has 0 heterocycles. The molecule has 0 saturated carbocycles. The normalized spacial score (nSPS) is 14.0. The molecule has 0 aromatic heterocycles. The van der Waals surface area contributed by atoms with Crippen molar-refractivity contribution in [2.24, 2.45) is 0 Å². The van der Waals surface area contributed by atoms with Crippen LogP contribution in [0.1, 0.15) is 33.1 Å². The highest BCUT2D eigenvalue weighted by atomic mass is 32.1. The molecule has 0 spiro atoms. The minimum Gasteiger partial charge on any atom is -0.464 e. The van der Waals surface area contributed by atoms with Gasteiger partial charge in [-0.25, -0.2) is 0 Å². The summed E-state index contributed by atoms with van der Waals surface area (Å²) < 4.78 is 33.2. The Labute approximate surface area is 176 Å². The van der Waals surface area contributed by atoms with Crippen LogP contribution >= 0.6 is 24.8 Å². The molecule has 1 N–H and O–H groups in total. The third-order valence-electron chi connectivity index (χ3n) is 3.90. The van der Waals surface area contributed by atoms with E-state index < -0.39 is 8.80 Å². The van der Waals surface area contributed by atoms with Crippen molar-refractivity contribution in [3.05, 3.63) is 0 Å². The smallest absolute Gasteiger partial charge is 0.464 e. The highest BCUT2D eigenvalue weighted by Crippen LogP contribution is 2.14. The summed E-state index contributed by atoms with van der Waals surface area (Å²) in [5.74, 6) is 0.512. The van der Waals surface area contributed by atoms with Gasteiger partial charge in [0.05, 0.1) is 19.3 Å². The molecule has 2 atom stereocenters. The lowest BCUT2D eigenvalue weighted by atomic mass is 10.3. The van der Waals surface area contributed by atoms with E-state index in [-0.39, 0.29) is 12.2 Å². The Morgan fingerprint density at radius 3 is 2.33 bits per heavy atom. The van der Waals surface area contributed by atoms with Crippen LogP contribution in [0.2, 0.25) is 6.04 Å². The van der Waals surface area contributed by atoms with E-state index in [4.69, 9.17) is 39.7 Å². The van der Waals surface area contributed by atoms with E-state index in [1.807, 2.05) is 6.92 Å². The second-order valence-electron chi connectivity index (χ2n) is 6.11. The maximum absolute atomic E-state index is 5.76. The van der Waals surface area contributed by atoms with Crippen molar-refractivity contribution < 1.29 is 27.5 Å². The van der Waals surface area contributed by atoms with E-state index in [1.165, 1.54) is 0 Å². The first-order valence-electron chi connectivity index (χ1n) is 9.37. The van der Waals surface area contributed by atoms with Gasteiger partial charge in [-0.05, 0) is 32.0 Å². The summed E-state index contributed by atoms with van der Waals surface area (Å²) in [4.78, 5) is 0. The van der Waals surface area contributed by atoms with Crippen molar-refractivity contribution in [1.29, 1.82) is 0 Å². The Morgan fingerprint density at radius 1 is 1.11 bits per heavy atom. The first-order valence-corrected chi connectivity index (χ1v) is 12.3. The van der Waals surface area contributed by atoms with Crippen LogP contribution in [0.25, 0.3) is 0 Å². The fourth-order valence-corrected chi connectivity index (χ4v) is 4.32. The predicted molar refractivity (Wildman–Crippen MR) is 117 cm³/mol. The van der Waals surface area contributed by atoms with Gasteiger partial charge in [0.2, 0.25) is 0 Å². The molecule has 0 bridgehead atoms. The average molecular weight is 444 g/mol. The molecule has 7 nitrogen and oxygen atoms in total. The van der Waals surface area contributed by atoms with E-state index >= 15 is 0 Å².